The number of benzene rings is 2. The molecule has 2 aromatic rings. The van der Waals surface area contributed by atoms with Gasteiger partial charge in [0.05, 0.1) is 6.21 Å². The molecule has 2 aromatic carbocycles. The Morgan fingerprint density at radius 3 is 2.76 bits per heavy atom. The van der Waals surface area contributed by atoms with Crippen LogP contribution in [0.15, 0.2) is 49.6 Å². The average Bonchev–Trinajstić information content (AvgIpc) is 2.51. The summed E-state index contributed by atoms with van der Waals surface area (Å²) in [5.41, 5.74) is 3.52. The second kappa shape index (κ2) is 6.58. The molecule has 0 bridgehead atoms. The fourth-order valence-electron chi connectivity index (χ4n) is 2.04. The number of rotatable bonds is 2. The van der Waals surface area contributed by atoms with Crippen molar-refractivity contribution in [1.29, 1.82) is 0 Å². The van der Waals surface area contributed by atoms with E-state index in [9.17, 15) is 18.6 Å². The molecule has 0 aliphatic carbocycles. The number of thioether (sulfide) groups is 1. The highest BCUT2D eigenvalue weighted by Crippen LogP contribution is 2.36. The summed E-state index contributed by atoms with van der Waals surface area (Å²) in [5, 5.41) is 23.3. The van der Waals surface area contributed by atoms with Crippen molar-refractivity contribution < 1.29 is 18.6 Å². The lowest BCUT2D eigenvalue weighted by Crippen LogP contribution is -2.20. The van der Waals surface area contributed by atoms with Crippen LogP contribution in [0.2, 0.25) is 5.02 Å². The van der Waals surface area contributed by atoms with Gasteiger partial charge in [-0.05, 0) is 48.5 Å². The normalized spacial score (nSPS) is 15.7. The van der Waals surface area contributed by atoms with Crippen molar-refractivity contribution in [2.45, 2.75) is 16.7 Å². The molecule has 3 N–H and O–H groups in total. The second-order valence-electron chi connectivity index (χ2n) is 5.13. The Morgan fingerprint density at radius 2 is 2.04 bits per heavy atom. The van der Waals surface area contributed by atoms with E-state index >= 15 is 0 Å². The maximum atomic E-state index is 12.3. The van der Waals surface area contributed by atoms with E-state index in [1.807, 2.05) is 0 Å². The molecule has 7 nitrogen and oxygen atoms in total. The number of hydrogen-bond acceptors (Lipinski definition) is 7. The lowest BCUT2D eigenvalue weighted by molar-refractivity contribution is 0.450. The molecular weight excluding hydrogens is 386 g/mol. The van der Waals surface area contributed by atoms with Crippen LogP contribution in [-0.2, 0) is 10.0 Å². The smallest absolute Gasteiger partial charge is 0.285 e. The van der Waals surface area contributed by atoms with Gasteiger partial charge in [-0.25, -0.2) is 0 Å². The monoisotopic (exact) mass is 397 g/mol. The number of aryl methyl sites for hydroxylation is 1. The minimum Gasteiger partial charge on any atom is -0.508 e. The minimum atomic E-state index is -3.85. The maximum absolute atomic E-state index is 12.3. The largest absolute Gasteiger partial charge is 0.508 e. The van der Waals surface area contributed by atoms with Gasteiger partial charge in [0.1, 0.15) is 16.4 Å². The number of nitrogens with zero attached hydrogens (tertiary/aromatic N) is 2. The number of aromatic hydroxyl groups is 2. The van der Waals surface area contributed by atoms with Gasteiger partial charge in [-0.2, -0.15) is 13.5 Å². The van der Waals surface area contributed by atoms with Gasteiger partial charge in [-0.1, -0.05) is 11.6 Å². The molecule has 3 rings (SSSR count). The number of halogens is 1. The van der Waals surface area contributed by atoms with Crippen LogP contribution in [0.3, 0.4) is 0 Å². The molecule has 0 saturated heterocycles. The van der Waals surface area contributed by atoms with Crippen LogP contribution in [0.1, 0.15) is 11.1 Å². The third kappa shape index (κ3) is 3.73. The highest BCUT2D eigenvalue weighted by atomic mass is 35.5. The molecule has 1 aliphatic heterocycles. The van der Waals surface area contributed by atoms with E-state index in [4.69, 9.17) is 11.6 Å². The Balaban J connectivity index is 1.84. The van der Waals surface area contributed by atoms with Crippen molar-refractivity contribution in [3.8, 4) is 11.5 Å². The van der Waals surface area contributed by atoms with Gasteiger partial charge in [-0.3, -0.25) is 5.43 Å². The first kappa shape index (κ1) is 17.6. The van der Waals surface area contributed by atoms with Crippen LogP contribution in [0.5, 0.6) is 11.5 Å². The van der Waals surface area contributed by atoms with Crippen molar-refractivity contribution in [3.05, 3.63) is 46.5 Å². The number of amidine groups is 1. The SMILES string of the molecule is Cc1cc2c(cc1Cl)SC(N/N=C/c1ccc(O)cc1O)=NS2(=O)=O. The van der Waals surface area contributed by atoms with Gasteiger partial charge < -0.3 is 10.2 Å². The third-order valence-corrected chi connectivity index (χ3v) is 6.19. The number of nitrogens with one attached hydrogen (secondary N) is 1. The summed E-state index contributed by atoms with van der Waals surface area (Å²) in [6.07, 6.45) is 1.28. The fourth-order valence-corrected chi connectivity index (χ4v) is 4.79. The topological polar surface area (TPSA) is 111 Å². The number of hydrazone groups is 1. The summed E-state index contributed by atoms with van der Waals surface area (Å²) in [5.74, 6) is -0.242. The van der Waals surface area contributed by atoms with Gasteiger partial charge in [0, 0.05) is 21.5 Å². The number of hydrogen-bond donors (Lipinski definition) is 3. The molecule has 0 atom stereocenters. The zero-order chi connectivity index (χ0) is 18.2. The van der Waals surface area contributed by atoms with Crippen molar-refractivity contribution in [2.75, 3.05) is 0 Å². The summed E-state index contributed by atoms with van der Waals surface area (Å²) in [7, 11) is -3.85. The highest BCUT2D eigenvalue weighted by Gasteiger charge is 2.26. The quantitative estimate of drug-likeness (QED) is 0.530. The van der Waals surface area contributed by atoms with Crippen LogP contribution in [0.4, 0.5) is 0 Å². The third-order valence-electron chi connectivity index (χ3n) is 3.29. The lowest BCUT2D eigenvalue weighted by Gasteiger charge is -2.15. The Hall–Kier alpha value is -2.23. The molecule has 10 heteroatoms. The summed E-state index contributed by atoms with van der Waals surface area (Å²) >= 11 is 7.14. The van der Waals surface area contributed by atoms with E-state index in [0.29, 0.717) is 21.0 Å². The van der Waals surface area contributed by atoms with E-state index in [0.717, 1.165) is 11.8 Å². The highest BCUT2D eigenvalue weighted by molar-refractivity contribution is 8.15. The Morgan fingerprint density at radius 1 is 1.28 bits per heavy atom. The number of fused-ring (bicyclic) bond motifs is 1. The van der Waals surface area contributed by atoms with E-state index in [1.165, 1.54) is 30.5 Å². The van der Waals surface area contributed by atoms with Crippen LogP contribution in [0.25, 0.3) is 0 Å². The van der Waals surface area contributed by atoms with Crippen molar-refractivity contribution in [2.24, 2.45) is 9.50 Å². The standard InChI is InChI=1S/C15H12ClN3O4S2/c1-8-4-14-13(6-11(8)16)24-15(19-25(14,22)23)18-17-7-9-2-3-10(20)5-12(9)21/h2-7,20-21H,1H3,(H,18,19)/b17-7+. The van der Waals surface area contributed by atoms with Crippen LogP contribution in [0, 0.1) is 6.92 Å². The summed E-state index contributed by atoms with van der Waals surface area (Å²) in [6, 6.07) is 7.07. The Kier molecular flexibility index (Phi) is 4.63. The molecule has 0 spiro atoms. The first-order chi connectivity index (χ1) is 11.8. The number of phenols is 2. The van der Waals surface area contributed by atoms with Crippen LogP contribution in [-0.4, -0.2) is 30.0 Å². The predicted octanol–water partition coefficient (Wildman–Crippen LogP) is 2.83. The molecule has 0 saturated carbocycles. The van der Waals surface area contributed by atoms with E-state index < -0.39 is 10.0 Å². The van der Waals surface area contributed by atoms with Gasteiger partial charge in [0.15, 0.2) is 5.17 Å². The number of phenolic OH excluding ortho intramolecular Hbond substituents is 2. The molecule has 25 heavy (non-hydrogen) atoms. The average molecular weight is 398 g/mol. The van der Waals surface area contributed by atoms with E-state index in [-0.39, 0.29) is 21.6 Å². The lowest BCUT2D eigenvalue weighted by atomic mass is 10.2. The predicted molar refractivity (Wildman–Crippen MR) is 97.2 cm³/mol. The Bertz CT molecular complexity index is 1020. The van der Waals surface area contributed by atoms with Gasteiger partial charge in [0.2, 0.25) is 0 Å². The second-order valence-corrected chi connectivity index (χ2v) is 8.15. The molecular formula is C15H12ClN3O4S2. The first-order valence-electron chi connectivity index (χ1n) is 6.90. The summed E-state index contributed by atoms with van der Waals surface area (Å²) in [4.78, 5) is 0.556. The molecule has 0 amide bonds. The van der Waals surface area contributed by atoms with Gasteiger partial charge in [-0.15, -0.1) is 4.40 Å². The molecule has 1 aliphatic rings. The molecule has 0 fully saturated rings. The molecule has 0 unspecified atom stereocenters. The van der Waals surface area contributed by atoms with Gasteiger partial charge >= 0.3 is 0 Å². The van der Waals surface area contributed by atoms with Crippen molar-refractivity contribution in [3.63, 3.8) is 0 Å². The minimum absolute atomic E-state index is 0.0573. The number of sulfonamides is 1. The van der Waals surface area contributed by atoms with Crippen LogP contribution < -0.4 is 5.43 Å². The van der Waals surface area contributed by atoms with E-state index in [2.05, 4.69) is 14.9 Å². The van der Waals surface area contributed by atoms with E-state index in [1.54, 1.807) is 13.0 Å². The molecule has 0 aromatic heterocycles. The van der Waals surface area contributed by atoms with Crippen molar-refractivity contribution in [1.82, 2.24) is 5.43 Å². The molecule has 0 radical (unpaired) electrons. The van der Waals surface area contributed by atoms with Gasteiger partial charge in [0.25, 0.3) is 10.0 Å². The zero-order valence-electron chi connectivity index (χ0n) is 12.8. The zero-order valence-corrected chi connectivity index (χ0v) is 15.2. The maximum Gasteiger partial charge on any atom is 0.285 e. The summed E-state index contributed by atoms with van der Waals surface area (Å²) < 4.78 is 28.2. The first-order valence-corrected chi connectivity index (χ1v) is 9.54. The Labute approximate surface area is 153 Å². The summed E-state index contributed by atoms with van der Waals surface area (Å²) in [6.45, 7) is 1.72. The molecule has 130 valence electrons. The molecule has 1 heterocycles. The van der Waals surface area contributed by atoms with Crippen molar-refractivity contribution >= 4 is 44.8 Å². The fraction of sp³-hybridized carbons (Fsp3) is 0.0667. The van der Waals surface area contributed by atoms with Crippen LogP contribution >= 0.6 is 23.4 Å².